The topological polar surface area (TPSA) is 63.9 Å². The Balaban J connectivity index is 2.23. The van der Waals surface area contributed by atoms with Crippen LogP contribution in [0.1, 0.15) is 5.82 Å². The van der Waals surface area contributed by atoms with E-state index < -0.39 is 0 Å². The second-order valence-electron chi connectivity index (χ2n) is 2.53. The van der Waals surface area contributed by atoms with Gasteiger partial charge in [-0.2, -0.15) is 4.98 Å². The Morgan fingerprint density at radius 2 is 2.54 bits per heavy atom. The van der Waals surface area contributed by atoms with Crippen molar-refractivity contribution in [3.05, 3.63) is 24.2 Å². The van der Waals surface area contributed by atoms with Crippen molar-refractivity contribution in [3.8, 4) is 11.6 Å². The monoisotopic (exact) mass is 179 g/mol. The maximum absolute atomic E-state index is 4.99. The smallest absolute Gasteiger partial charge is 0.274 e. The normalized spacial score (nSPS) is 10.5. The molecule has 68 valence electrons. The first-order chi connectivity index (χ1) is 6.40. The van der Waals surface area contributed by atoms with Crippen molar-refractivity contribution in [2.45, 2.75) is 6.61 Å². The first-order valence-corrected chi connectivity index (χ1v) is 3.85. The lowest BCUT2D eigenvalue weighted by Gasteiger charge is -1.86. The molecule has 0 radical (unpaired) electrons. The zero-order valence-electron chi connectivity index (χ0n) is 7.15. The molecule has 2 heterocycles. The summed E-state index contributed by atoms with van der Waals surface area (Å²) in [6, 6.07) is 3.74. The molecule has 0 aromatic carbocycles. The van der Waals surface area contributed by atoms with E-state index in [2.05, 4.69) is 15.1 Å². The summed E-state index contributed by atoms with van der Waals surface area (Å²) in [7, 11) is 1.59. The molecule has 0 bridgehead atoms. The van der Waals surface area contributed by atoms with Gasteiger partial charge in [0.05, 0.1) is 0 Å². The molecule has 2 aromatic heterocycles. The fraction of sp³-hybridized carbons (Fsp3) is 0.250. The summed E-state index contributed by atoms with van der Waals surface area (Å²) in [5.41, 5.74) is 0.815. The fourth-order valence-electron chi connectivity index (χ4n) is 1.01. The molecule has 0 unspecified atom stereocenters. The molecule has 2 rings (SSSR count). The molecule has 13 heavy (non-hydrogen) atoms. The summed E-state index contributed by atoms with van der Waals surface area (Å²) in [5.74, 6) is 1.03. The van der Waals surface area contributed by atoms with Crippen LogP contribution < -0.4 is 0 Å². The average Bonchev–Trinajstić information content (AvgIpc) is 2.70. The zero-order chi connectivity index (χ0) is 9.10. The van der Waals surface area contributed by atoms with Crippen LogP contribution in [0.25, 0.3) is 11.6 Å². The number of aromatic nitrogens is 3. The summed E-state index contributed by atoms with van der Waals surface area (Å²) in [6.07, 6.45) is 1.80. The van der Waals surface area contributed by atoms with Gasteiger partial charge in [-0.3, -0.25) is 0 Å². The van der Waals surface area contributed by atoms with Crippen LogP contribution in [0, 0.1) is 0 Å². The zero-order valence-corrected chi connectivity index (χ0v) is 7.15. The Morgan fingerprint density at radius 3 is 3.23 bits per heavy atom. The lowest BCUT2D eigenvalue weighted by atomic mass is 10.4. The average molecular weight is 179 g/mol. The minimum Gasteiger partial charge on any atom is -0.377 e. The number of methoxy groups -OCH3 is 1. The van der Waals surface area contributed by atoms with E-state index in [0.717, 1.165) is 5.69 Å². The van der Waals surface area contributed by atoms with Gasteiger partial charge in [-0.25, -0.2) is 0 Å². The standard InChI is InChI=1S/C8H9N3O2/c1-12-5-7-10-8(13-11-7)6-3-2-4-9-6/h2-4,9H,5H2,1H3. The largest absolute Gasteiger partial charge is 0.377 e. The van der Waals surface area contributed by atoms with Gasteiger partial charge in [-0.1, -0.05) is 5.16 Å². The lowest BCUT2D eigenvalue weighted by molar-refractivity contribution is 0.174. The summed E-state index contributed by atoms with van der Waals surface area (Å²) in [6.45, 7) is 0.365. The minimum atomic E-state index is 0.365. The summed E-state index contributed by atoms with van der Waals surface area (Å²) in [5, 5.41) is 3.73. The maximum Gasteiger partial charge on any atom is 0.274 e. The Labute approximate surface area is 74.7 Å². The molecule has 0 amide bonds. The molecule has 5 nitrogen and oxygen atoms in total. The third-order valence-corrected chi connectivity index (χ3v) is 1.57. The highest BCUT2D eigenvalue weighted by molar-refractivity contribution is 5.45. The third kappa shape index (κ3) is 1.59. The number of hydrogen-bond donors (Lipinski definition) is 1. The quantitative estimate of drug-likeness (QED) is 0.769. The number of aromatic amines is 1. The SMILES string of the molecule is COCc1noc(-c2ccc[nH]2)n1. The Kier molecular flexibility index (Phi) is 2.09. The van der Waals surface area contributed by atoms with Crippen LogP contribution in [-0.4, -0.2) is 22.2 Å². The van der Waals surface area contributed by atoms with Crippen LogP contribution >= 0.6 is 0 Å². The number of ether oxygens (including phenoxy) is 1. The fourth-order valence-corrected chi connectivity index (χ4v) is 1.01. The molecule has 5 heteroatoms. The van der Waals surface area contributed by atoms with Gasteiger partial charge in [0.1, 0.15) is 12.3 Å². The van der Waals surface area contributed by atoms with E-state index in [1.165, 1.54) is 0 Å². The molecule has 2 aromatic rings. The number of nitrogens with zero attached hydrogens (tertiary/aromatic N) is 2. The predicted octanol–water partition coefficient (Wildman–Crippen LogP) is 1.21. The molecule has 0 spiro atoms. The second kappa shape index (κ2) is 3.40. The Bertz CT molecular complexity index is 366. The summed E-state index contributed by atoms with van der Waals surface area (Å²) < 4.78 is 9.85. The van der Waals surface area contributed by atoms with E-state index in [-0.39, 0.29) is 0 Å². The van der Waals surface area contributed by atoms with E-state index in [1.807, 2.05) is 12.1 Å². The molecule has 0 aliphatic rings. The van der Waals surface area contributed by atoms with Crippen LogP contribution in [0.2, 0.25) is 0 Å². The summed E-state index contributed by atoms with van der Waals surface area (Å²) in [4.78, 5) is 7.08. The van der Waals surface area contributed by atoms with E-state index in [4.69, 9.17) is 9.26 Å². The van der Waals surface area contributed by atoms with Crippen molar-refractivity contribution >= 4 is 0 Å². The molecule has 1 N–H and O–H groups in total. The molecule has 0 saturated carbocycles. The van der Waals surface area contributed by atoms with Crippen LogP contribution in [0.5, 0.6) is 0 Å². The van der Waals surface area contributed by atoms with Crippen LogP contribution in [-0.2, 0) is 11.3 Å². The van der Waals surface area contributed by atoms with Crippen molar-refractivity contribution in [1.29, 1.82) is 0 Å². The van der Waals surface area contributed by atoms with Gasteiger partial charge in [0.15, 0.2) is 5.82 Å². The second-order valence-corrected chi connectivity index (χ2v) is 2.53. The first kappa shape index (κ1) is 8.00. The van der Waals surface area contributed by atoms with Gasteiger partial charge in [-0.15, -0.1) is 0 Å². The van der Waals surface area contributed by atoms with Gasteiger partial charge in [0.25, 0.3) is 5.89 Å². The van der Waals surface area contributed by atoms with Gasteiger partial charge >= 0.3 is 0 Å². The van der Waals surface area contributed by atoms with Crippen LogP contribution in [0.3, 0.4) is 0 Å². The number of nitrogens with one attached hydrogen (secondary N) is 1. The predicted molar refractivity (Wildman–Crippen MR) is 44.8 cm³/mol. The van der Waals surface area contributed by atoms with Crippen molar-refractivity contribution in [2.75, 3.05) is 7.11 Å². The highest BCUT2D eigenvalue weighted by Gasteiger charge is 2.07. The van der Waals surface area contributed by atoms with Crippen molar-refractivity contribution < 1.29 is 9.26 Å². The van der Waals surface area contributed by atoms with Crippen molar-refractivity contribution in [3.63, 3.8) is 0 Å². The molecule has 0 fully saturated rings. The summed E-state index contributed by atoms with van der Waals surface area (Å²) >= 11 is 0. The van der Waals surface area contributed by atoms with Gasteiger partial charge in [0, 0.05) is 13.3 Å². The molecular formula is C8H9N3O2. The van der Waals surface area contributed by atoms with Crippen molar-refractivity contribution in [1.82, 2.24) is 15.1 Å². The molecule has 0 aliphatic carbocycles. The minimum absolute atomic E-state index is 0.365. The molecule has 0 saturated heterocycles. The number of H-pyrrole nitrogens is 1. The highest BCUT2D eigenvalue weighted by Crippen LogP contribution is 2.13. The van der Waals surface area contributed by atoms with Crippen molar-refractivity contribution in [2.24, 2.45) is 0 Å². The van der Waals surface area contributed by atoms with Gasteiger partial charge in [-0.05, 0) is 12.1 Å². The van der Waals surface area contributed by atoms with Gasteiger partial charge < -0.3 is 14.2 Å². The lowest BCUT2D eigenvalue weighted by Crippen LogP contribution is -1.89. The molecular weight excluding hydrogens is 170 g/mol. The van der Waals surface area contributed by atoms with Crippen LogP contribution in [0.4, 0.5) is 0 Å². The molecule has 0 aliphatic heterocycles. The maximum atomic E-state index is 4.99. The number of rotatable bonds is 3. The van der Waals surface area contributed by atoms with E-state index >= 15 is 0 Å². The third-order valence-electron chi connectivity index (χ3n) is 1.57. The number of hydrogen-bond acceptors (Lipinski definition) is 4. The van der Waals surface area contributed by atoms with E-state index in [1.54, 1.807) is 13.3 Å². The van der Waals surface area contributed by atoms with Crippen LogP contribution in [0.15, 0.2) is 22.9 Å². The Morgan fingerprint density at radius 1 is 1.62 bits per heavy atom. The highest BCUT2D eigenvalue weighted by atomic mass is 16.5. The van der Waals surface area contributed by atoms with Gasteiger partial charge in [0.2, 0.25) is 0 Å². The first-order valence-electron chi connectivity index (χ1n) is 3.85. The molecule has 0 atom stereocenters. The van der Waals surface area contributed by atoms with E-state index in [0.29, 0.717) is 18.3 Å². The Hall–Kier alpha value is -1.62. The van der Waals surface area contributed by atoms with E-state index in [9.17, 15) is 0 Å².